The van der Waals surface area contributed by atoms with Crippen molar-refractivity contribution in [2.75, 3.05) is 19.7 Å². The van der Waals surface area contributed by atoms with Gasteiger partial charge in [0.2, 0.25) is 0 Å². The first kappa shape index (κ1) is 11.8. The van der Waals surface area contributed by atoms with E-state index in [9.17, 15) is 0 Å². The Balaban J connectivity index is 1.75. The highest BCUT2D eigenvalue weighted by Gasteiger charge is 2.15. The SMILES string of the molecule is Cc1[nH]c2ccccc2c1CCC1CNCCO1. The van der Waals surface area contributed by atoms with Gasteiger partial charge in [-0.3, -0.25) is 0 Å². The first-order valence-electron chi connectivity index (χ1n) is 6.73. The molecular weight excluding hydrogens is 224 g/mol. The molecule has 18 heavy (non-hydrogen) atoms. The predicted molar refractivity (Wildman–Crippen MR) is 74.0 cm³/mol. The van der Waals surface area contributed by atoms with E-state index in [4.69, 9.17) is 4.74 Å². The van der Waals surface area contributed by atoms with Crippen molar-refractivity contribution in [1.29, 1.82) is 0 Å². The fourth-order valence-corrected chi connectivity index (χ4v) is 2.77. The highest BCUT2D eigenvalue weighted by Crippen LogP contribution is 2.23. The van der Waals surface area contributed by atoms with E-state index in [0.29, 0.717) is 6.10 Å². The number of aromatic nitrogens is 1. The van der Waals surface area contributed by atoms with Crippen LogP contribution in [0.4, 0.5) is 0 Å². The summed E-state index contributed by atoms with van der Waals surface area (Å²) in [6, 6.07) is 8.53. The molecule has 3 nitrogen and oxygen atoms in total. The van der Waals surface area contributed by atoms with Crippen molar-refractivity contribution >= 4 is 10.9 Å². The number of benzene rings is 1. The number of H-pyrrole nitrogens is 1. The number of nitrogens with one attached hydrogen (secondary N) is 2. The standard InChI is InChI=1S/C15H20N2O/c1-11-13(7-6-12-10-16-8-9-18-12)14-4-2-3-5-15(14)17-11/h2-5,12,16-17H,6-10H2,1H3. The van der Waals surface area contributed by atoms with Gasteiger partial charge in [0.15, 0.2) is 0 Å². The van der Waals surface area contributed by atoms with Crippen LogP contribution in [0.1, 0.15) is 17.7 Å². The highest BCUT2D eigenvalue weighted by atomic mass is 16.5. The molecule has 1 aliphatic heterocycles. The molecule has 2 N–H and O–H groups in total. The number of aryl methyl sites for hydroxylation is 2. The first-order valence-corrected chi connectivity index (χ1v) is 6.73. The monoisotopic (exact) mass is 244 g/mol. The number of hydrogen-bond donors (Lipinski definition) is 2. The Morgan fingerprint density at radius 2 is 2.22 bits per heavy atom. The van der Waals surface area contributed by atoms with E-state index in [1.54, 1.807) is 0 Å². The number of ether oxygens (including phenoxy) is 1. The molecule has 0 amide bonds. The van der Waals surface area contributed by atoms with Gasteiger partial charge in [-0.15, -0.1) is 0 Å². The molecule has 1 fully saturated rings. The molecule has 2 heterocycles. The third kappa shape index (κ3) is 2.28. The fraction of sp³-hybridized carbons (Fsp3) is 0.467. The Kier molecular flexibility index (Phi) is 3.35. The van der Waals surface area contributed by atoms with Crippen molar-refractivity contribution in [3.8, 4) is 0 Å². The number of rotatable bonds is 3. The molecule has 3 rings (SSSR count). The van der Waals surface area contributed by atoms with E-state index in [1.807, 2.05) is 0 Å². The molecular formula is C15H20N2O. The Labute approximate surface area is 108 Å². The van der Waals surface area contributed by atoms with E-state index in [2.05, 4.69) is 41.5 Å². The van der Waals surface area contributed by atoms with Crippen LogP contribution in [0, 0.1) is 6.92 Å². The van der Waals surface area contributed by atoms with Crippen molar-refractivity contribution in [3.05, 3.63) is 35.5 Å². The third-order valence-corrected chi connectivity index (χ3v) is 3.75. The van der Waals surface area contributed by atoms with Crippen LogP contribution in [0.15, 0.2) is 24.3 Å². The zero-order valence-electron chi connectivity index (χ0n) is 10.8. The summed E-state index contributed by atoms with van der Waals surface area (Å²) >= 11 is 0. The zero-order chi connectivity index (χ0) is 12.4. The van der Waals surface area contributed by atoms with Gasteiger partial charge in [-0.05, 0) is 31.4 Å². The summed E-state index contributed by atoms with van der Waals surface area (Å²) in [4.78, 5) is 3.46. The van der Waals surface area contributed by atoms with Crippen molar-refractivity contribution in [2.45, 2.75) is 25.9 Å². The average Bonchev–Trinajstić information content (AvgIpc) is 2.73. The van der Waals surface area contributed by atoms with Crippen LogP contribution in [0.3, 0.4) is 0 Å². The molecule has 0 bridgehead atoms. The zero-order valence-corrected chi connectivity index (χ0v) is 10.8. The average molecular weight is 244 g/mol. The minimum Gasteiger partial charge on any atom is -0.376 e. The van der Waals surface area contributed by atoms with E-state index >= 15 is 0 Å². The summed E-state index contributed by atoms with van der Waals surface area (Å²) < 4.78 is 5.76. The molecule has 1 saturated heterocycles. The lowest BCUT2D eigenvalue weighted by molar-refractivity contribution is 0.0239. The lowest BCUT2D eigenvalue weighted by Gasteiger charge is -2.23. The summed E-state index contributed by atoms with van der Waals surface area (Å²) in [5.74, 6) is 0. The minimum absolute atomic E-state index is 0.367. The van der Waals surface area contributed by atoms with Gasteiger partial charge in [0.1, 0.15) is 0 Å². The maximum Gasteiger partial charge on any atom is 0.0703 e. The number of aromatic amines is 1. The Bertz CT molecular complexity index is 526. The summed E-state index contributed by atoms with van der Waals surface area (Å²) in [5, 5.41) is 4.74. The summed E-state index contributed by atoms with van der Waals surface area (Å²) in [6.07, 6.45) is 2.55. The fourth-order valence-electron chi connectivity index (χ4n) is 2.77. The Hall–Kier alpha value is -1.32. The van der Waals surface area contributed by atoms with Gasteiger partial charge in [-0.25, -0.2) is 0 Å². The molecule has 1 aromatic heterocycles. The summed E-state index contributed by atoms with van der Waals surface area (Å²) in [5.41, 5.74) is 3.98. The van der Waals surface area contributed by atoms with Gasteiger partial charge < -0.3 is 15.0 Å². The molecule has 0 aliphatic carbocycles. The largest absolute Gasteiger partial charge is 0.376 e. The van der Waals surface area contributed by atoms with Crippen LogP contribution in [0.5, 0.6) is 0 Å². The van der Waals surface area contributed by atoms with E-state index in [-0.39, 0.29) is 0 Å². The number of fused-ring (bicyclic) bond motifs is 1. The van der Waals surface area contributed by atoms with Gasteiger partial charge in [0.05, 0.1) is 12.7 Å². The van der Waals surface area contributed by atoms with Crippen LogP contribution >= 0.6 is 0 Å². The molecule has 1 aliphatic rings. The van der Waals surface area contributed by atoms with Gasteiger partial charge in [-0.2, -0.15) is 0 Å². The second-order valence-corrected chi connectivity index (χ2v) is 5.01. The summed E-state index contributed by atoms with van der Waals surface area (Å²) in [6.45, 7) is 4.98. The topological polar surface area (TPSA) is 37.0 Å². The van der Waals surface area contributed by atoms with Crippen LogP contribution < -0.4 is 5.32 Å². The van der Waals surface area contributed by atoms with Crippen molar-refractivity contribution in [2.24, 2.45) is 0 Å². The predicted octanol–water partition coefficient (Wildman–Crippen LogP) is 2.40. The van der Waals surface area contributed by atoms with Gasteiger partial charge >= 0.3 is 0 Å². The molecule has 0 radical (unpaired) electrons. The van der Waals surface area contributed by atoms with Gasteiger partial charge in [-0.1, -0.05) is 18.2 Å². The lowest BCUT2D eigenvalue weighted by atomic mass is 10.0. The van der Waals surface area contributed by atoms with Crippen LogP contribution in [-0.4, -0.2) is 30.8 Å². The maximum absolute atomic E-state index is 5.76. The molecule has 0 saturated carbocycles. The molecule has 0 spiro atoms. The molecule has 96 valence electrons. The van der Waals surface area contributed by atoms with Gasteiger partial charge in [0.25, 0.3) is 0 Å². The lowest BCUT2D eigenvalue weighted by Crippen LogP contribution is -2.38. The number of hydrogen-bond acceptors (Lipinski definition) is 2. The quantitative estimate of drug-likeness (QED) is 0.870. The molecule has 1 atom stereocenters. The van der Waals surface area contributed by atoms with Crippen molar-refractivity contribution in [1.82, 2.24) is 10.3 Å². The van der Waals surface area contributed by atoms with Crippen LogP contribution in [-0.2, 0) is 11.2 Å². The third-order valence-electron chi connectivity index (χ3n) is 3.75. The number of morpholine rings is 1. The second kappa shape index (κ2) is 5.12. The molecule has 3 heteroatoms. The second-order valence-electron chi connectivity index (χ2n) is 5.01. The smallest absolute Gasteiger partial charge is 0.0703 e. The maximum atomic E-state index is 5.76. The Morgan fingerprint density at radius 3 is 3.06 bits per heavy atom. The van der Waals surface area contributed by atoms with E-state index in [1.165, 1.54) is 22.2 Å². The van der Waals surface area contributed by atoms with Gasteiger partial charge in [0, 0.05) is 29.7 Å². The Morgan fingerprint density at radius 1 is 1.33 bits per heavy atom. The van der Waals surface area contributed by atoms with E-state index in [0.717, 1.165) is 32.5 Å². The van der Waals surface area contributed by atoms with Crippen LogP contribution in [0.2, 0.25) is 0 Å². The molecule has 1 unspecified atom stereocenters. The molecule has 2 aromatic rings. The first-order chi connectivity index (χ1) is 8.84. The van der Waals surface area contributed by atoms with Crippen LogP contribution in [0.25, 0.3) is 10.9 Å². The highest BCUT2D eigenvalue weighted by molar-refractivity contribution is 5.84. The van der Waals surface area contributed by atoms with E-state index < -0.39 is 0 Å². The number of para-hydroxylation sites is 1. The summed E-state index contributed by atoms with van der Waals surface area (Å²) in [7, 11) is 0. The normalized spacial score (nSPS) is 20.4. The molecule has 1 aromatic carbocycles. The van der Waals surface area contributed by atoms with Crippen molar-refractivity contribution < 1.29 is 4.74 Å². The minimum atomic E-state index is 0.367. The van der Waals surface area contributed by atoms with Crippen molar-refractivity contribution in [3.63, 3.8) is 0 Å².